The van der Waals surface area contributed by atoms with Crippen LogP contribution in [0.25, 0.3) is 0 Å². The van der Waals surface area contributed by atoms with Crippen molar-refractivity contribution < 1.29 is 8.42 Å². The van der Waals surface area contributed by atoms with E-state index in [2.05, 4.69) is 21.1 Å². The highest BCUT2D eigenvalue weighted by molar-refractivity contribution is 7.89. The molecule has 0 fully saturated rings. The molecule has 5 nitrogen and oxygen atoms in total. The summed E-state index contributed by atoms with van der Waals surface area (Å²) >= 11 is 0. The fourth-order valence-electron chi connectivity index (χ4n) is 1.80. The zero-order valence-corrected chi connectivity index (χ0v) is 10.4. The molecule has 1 aliphatic rings. The Morgan fingerprint density at radius 3 is 2.94 bits per heavy atom. The van der Waals surface area contributed by atoms with E-state index in [1.54, 1.807) is 12.3 Å². The Kier molecular flexibility index (Phi) is 3.98. The molecule has 0 saturated carbocycles. The third-order valence-electron chi connectivity index (χ3n) is 2.78. The summed E-state index contributed by atoms with van der Waals surface area (Å²) in [7, 11) is -3.34. The normalized spacial score (nSPS) is 16.8. The Morgan fingerprint density at radius 1 is 1.41 bits per heavy atom. The maximum absolute atomic E-state index is 11.8. The zero-order valence-electron chi connectivity index (χ0n) is 9.57. The van der Waals surface area contributed by atoms with Gasteiger partial charge in [0.2, 0.25) is 10.0 Å². The first-order valence-electron chi connectivity index (χ1n) is 5.69. The number of sulfonamides is 1. The highest BCUT2D eigenvalue weighted by Gasteiger charge is 2.13. The Morgan fingerprint density at radius 2 is 2.29 bits per heavy atom. The Balaban J connectivity index is 1.84. The molecule has 0 aromatic carbocycles. The van der Waals surface area contributed by atoms with Crippen LogP contribution < -0.4 is 10.0 Å². The molecule has 2 rings (SSSR count). The third kappa shape index (κ3) is 3.42. The molecule has 6 heteroatoms. The van der Waals surface area contributed by atoms with Crippen LogP contribution in [0.5, 0.6) is 0 Å². The number of H-pyrrole nitrogens is 1. The van der Waals surface area contributed by atoms with E-state index in [-0.39, 0.29) is 4.90 Å². The molecule has 0 unspecified atom stereocenters. The predicted octanol–water partition coefficient (Wildman–Crippen LogP) is 0.603. The van der Waals surface area contributed by atoms with Gasteiger partial charge in [0.05, 0.1) is 4.90 Å². The first kappa shape index (κ1) is 12.3. The minimum Gasteiger partial charge on any atom is -0.366 e. The minimum atomic E-state index is -3.34. The van der Waals surface area contributed by atoms with Gasteiger partial charge in [-0.3, -0.25) is 0 Å². The standard InChI is InChI=1S/C11H17N3O2S/c15-17(16,11-4-7-13-9-11)14-8-3-10-1-5-12-6-2-10/h1,4,7,9,12-14H,2-3,5-6,8H2. The molecular formula is C11H17N3O2S. The maximum atomic E-state index is 11.8. The molecular weight excluding hydrogens is 238 g/mol. The van der Waals surface area contributed by atoms with Crippen LogP contribution in [0.2, 0.25) is 0 Å². The Hall–Kier alpha value is -1.11. The van der Waals surface area contributed by atoms with Gasteiger partial charge in [-0.15, -0.1) is 0 Å². The van der Waals surface area contributed by atoms with Crippen LogP contribution in [0.3, 0.4) is 0 Å². The van der Waals surface area contributed by atoms with Gasteiger partial charge in [-0.2, -0.15) is 0 Å². The van der Waals surface area contributed by atoms with E-state index in [4.69, 9.17) is 0 Å². The van der Waals surface area contributed by atoms with Crippen molar-refractivity contribution >= 4 is 10.0 Å². The van der Waals surface area contributed by atoms with Crippen molar-refractivity contribution in [3.05, 3.63) is 30.1 Å². The molecule has 0 aliphatic carbocycles. The Labute approximate surface area is 101 Å². The molecule has 17 heavy (non-hydrogen) atoms. The monoisotopic (exact) mass is 255 g/mol. The van der Waals surface area contributed by atoms with Gasteiger partial charge in [0.25, 0.3) is 0 Å². The summed E-state index contributed by atoms with van der Waals surface area (Å²) in [6.45, 7) is 2.33. The second kappa shape index (κ2) is 5.48. The summed E-state index contributed by atoms with van der Waals surface area (Å²) in [5, 5.41) is 3.22. The summed E-state index contributed by atoms with van der Waals surface area (Å²) in [6, 6.07) is 1.55. The smallest absolute Gasteiger partial charge is 0.242 e. The van der Waals surface area contributed by atoms with Crippen molar-refractivity contribution in [2.24, 2.45) is 0 Å². The number of aromatic amines is 1. The number of hydrogen-bond acceptors (Lipinski definition) is 3. The van der Waals surface area contributed by atoms with Gasteiger partial charge >= 0.3 is 0 Å². The molecule has 0 atom stereocenters. The van der Waals surface area contributed by atoms with Gasteiger partial charge in [-0.05, 0) is 25.5 Å². The molecule has 0 spiro atoms. The van der Waals surface area contributed by atoms with E-state index in [1.807, 2.05) is 0 Å². The molecule has 0 amide bonds. The van der Waals surface area contributed by atoms with Crippen LogP contribution in [0.4, 0.5) is 0 Å². The highest BCUT2D eigenvalue weighted by Crippen LogP contribution is 2.10. The van der Waals surface area contributed by atoms with E-state index < -0.39 is 10.0 Å². The van der Waals surface area contributed by atoms with Crippen LogP contribution >= 0.6 is 0 Å². The SMILES string of the molecule is O=S(=O)(NCCC1=CCNCC1)c1cc[nH]c1. The van der Waals surface area contributed by atoms with Crippen molar-refractivity contribution in [1.29, 1.82) is 0 Å². The van der Waals surface area contributed by atoms with E-state index in [0.717, 1.165) is 25.9 Å². The van der Waals surface area contributed by atoms with Gasteiger partial charge in [-0.1, -0.05) is 11.6 Å². The van der Waals surface area contributed by atoms with E-state index in [1.165, 1.54) is 11.8 Å². The molecule has 1 aliphatic heterocycles. The summed E-state index contributed by atoms with van der Waals surface area (Å²) in [5.41, 5.74) is 1.32. The van der Waals surface area contributed by atoms with Crippen LogP contribution in [0.15, 0.2) is 35.0 Å². The van der Waals surface area contributed by atoms with E-state index >= 15 is 0 Å². The first-order chi connectivity index (χ1) is 8.18. The predicted molar refractivity (Wildman–Crippen MR) is 66.2 cm³/mol. The zero-order chi connectivity index (χ0) is 12.1. The average Bonchev–Trinajstić information content (AvgIpc) is 2.84. The number of aromatic nitrogens is 1. The van der Waals surface area contributed by atoms with Crippen molar-refractivity contribution in [2.45, 2.75) is 17.7 Å². The van der Waals surface area contributed by atoms with E-state index in [9.17, 15) is 8.42 Å². The number of rotatable bonds is 5. The summed E-state index contributed by atoms with van der Waals surface area (Å²) in [5.74, 6) is 0. The molecule has 0 saturated heterocycles. The second-order valence-corrected chi connectivity index (χ2v) is 5.78. The average molecular weight is 255 g/mol. The second-order valence-electron chi connectivity index (χ2n) is 4.01. The summed E-state index contributed by atoms with van der Waals surface area (Å²) in [4.78, 5) is 3.03. The molecule has 0 bridgehead atoms. The van der Waals surface area contributed by atoms with Crippen molar-refractivity contribution in [1.82, 2.24) is 15.0 Å². The third-order valence-corrected chi connectivity index (χ3v) is 4.23. The molecule has 94 valence electrons. The lowest BCUT2D eigenvalue weighted by molar-refractivity contribution is 0.580. The lowest BCUT2D eigenvalue weighted by Gasteiger charge is -2.14. The maximum Gasteiger partial charge on any atom is 0.242 e. The fourth-order valence-corrected chi connectivity index (χ4v) is 2.81. The van der Waals surface area contributed by atoms with Crippen LogP contribution in [-0.4, -0.2) is 33.0 Å². The van der Waals surface area contributed by atoms with Gasteiger partial charge in [0.15, 0.2) is 0 Å². The Bertz CT molecular complexity index is 477. The molecule has 3 N–H and O–H groups in total. The van der Waals surface area contributed by atoms with Crippen LogP contribution in [0.1, 0.15) is 12.8 Å². The van der Waals surface area contributed by atoms with E-state index in [0.29, 0.717) is 6.54 Å². The number of hydrogen-bond donors (Lipinski definition) is 3. The van der Waals surface area contributed by atoms with Crippen molar-refractivity contribution in [2.75, 3.05) is 19.6 Å². The van der Waals surface area contributed by atoms with Crippen LogP contribution in [0, 0.1) is 0 Å². The highest BCUT2D eigenvalue weighted by atomic mass is 32.2. The van der Waals surface area contributed by atoms with Gasteiger partial charge in [0, 0.05) is 25.5 Å². The van der Waals surface area contributed by atoms with Crippen molar-refractivity contribution in [3.63, 3.8) is 0 Å². The van der Waals surface area contributed by atoms with Gasteiger partial charge in [0.1, 0.15) is 0 Å². The fraction of sp³-hybridized carbons (Fsp3) is 0.455. The molecule has 1 aromatic rings. The lowest BCUT2D eigenvalue weighted by Crippen LogP contribution is -2.26. The topological polar surface area (TPSA) is 74.0 Å². The van der Waals surface area contributed by atoms with Crippen LogP contribution in [-0.2, 0) is 10.0 Å². The van der Waals surface area contributed by atoms with Crippen molar-refractivity contribution in [3.8, 4) is 0 Å². The summed E-state index contributed by atoms with van der Waals surface area (Å²) < 4.78 is 26.1. The lowest BCUT2D eigenvalue weighted by atomic mass is 10.1. The largest absolute Gasteiger partial charge is 0.366 e. The molecule has 1 aromatic heterocycles. The minimum absolute atomic E-state index is 0.289. The summed E-state index contributed by atoms with van der Waals surface area (Å²) in [6.07, 6.45) is 7.00. The quantitative estimate of drug-likeness (QED) is 0.675. The molecule has 2 heterocycles. The molecule has 0 radical (unpaired) electrons. The number of nitrogens with one attached hydrogen (secondary N) is 3. The van der Waals surface area contributed by atoms with Gasteiger partial charge in [-0.25, -0.2) is 13.1 Å². The van der Waals surface area contributed by atoms with Gasteiger partial charge < -0.3 is 10.3 Å². The first-order valence-corrected chi connectivity index (χ1v) is 7.18.